The summed E-state index contributed by atoms with van der Waals surface area (Å²) in [6.45, 7) is 2.14. The Labute approximate surface area is 164 Å². The van der Waals surface area contributed by atoms with E-state index in [4.69, 9.17) is 23.7 Å². The van der Waals surface area contributed by atoms with Crippen LogP contribution in [-0.4, -0.2) is 78.9 Å². The summed E-state index contributed by atoms with van der Waals surface area (Å²) < 4.78 is 26.2. The Morgan fingerprint density at radius 1 is 0.714 bits per heavy atom. The van der Waals surface area contributed by atoms with Crippen LogP contribution in [0.2, 0.25) is 0 Å². The first-order valence-electron chi connectivity index (χ1n) is 9.14. The van der Waals surface area contributed by atoms with Crippen molar-refractivity contribution in [3.63, 3.8) is 0 Å². The maximum atomic E-state index is 12.4. The van der Waals surface area contributed by atoms with E-state index >= 15 is 0 Å². The number of anilines is 1. The first-order valence-corrected chi connectivity index (χ1v) is 9.14. The fourth-order valence-electron chi connectivity index (χ4n) is 2.32. The van der Waals surface area contributed by atoms with E-state index < -0.39 is 11.9 Å². The van der Waals surface area contributed by atoms with Crippen molar-refractivity contribution in [2.75, 3.05) is 71.9 Å². The van der Waals surface area contributed by atoms with Crippen LogP contribution < -0.4 is 4.90 Å². The lowest BCUT2D eigenvalue weighted by Gasteiger charge is -2.13. The molecule has 0 aliphatic carbocycles. The van der Waals surface area contributed by atoms with Gasteiger partial charge in [-0.2, -0.15) is 0 Å². The van der Waals surface area contributed by atoms with Gasteiger partial charge >= 0.3 is 11.9 Å². The number of cyclic esters (lactones) is 2. The maximum Gasteiger partial charge on any atom is 0.345 e. The van der Waals surface area contributed by atoms with E-state index in [2.05, 4.69) is 0 Å². The average molecular weight is 393 g/mol. The van der Waals surface area contributed by atoms with E-state index in [0.29, 0.717) is 32.0 Å². The van der Waals surface area contributed by atoms with Crippen molar-refractivity contribution in [3.05, 3.63) is 35.4 Å². The van der Waals surface area contributed by atoms with Crippen LogP contribution in [0.3, 0.4) is 0 Å². The van der Waals surface area contributed by atoms with Crippen molar-refractivity contribution < 1.29 is 33.3 Å². The lowest BCUT2D eigenvalue weighted by Crippen LogP contribution is -2.22. The second-order valence-corrected chi connectivity index (χ2v) is 6.15. The smallest absolute Gasteiger partial charge is 0.345 e. The summed E-state index contributed by atoms with van der Waals surface area (Å²) in [7, 11) is 3.86. The van der Waals surface area contributed by atoms with E-state index in [-0.39, 0.29) is 32.0 Å². The van der Waals surface area contributed by atoms with Crippen molar-refractivity contribution in [2.45, 2.75) is 0 Å². The third-order valence-electron chi connectivity index (χ3n) is 3.83. The molecule has 0 unspecified atom stereocenters. The molecule has 1 aromatic rings. The lowest BCUT2D eigenvalue weighted by atomic mass is 10.1. The quantitative estimate of drug-likeness (QED) is 0.422. The molecule has 0 saturated carbocycles. The molecule has 1 aromatic carbocycles. The van der Waals surface area contributed by atoms with Crippen molar-refractivity contribution >= 4 is 23.7 Å². The van der Waals surface area contributed by atoms with E-state index in [0.717, 1.165) is 5.69 Å². The Morgan fingerprint density at radius 2 is 1.14 bits per heavy atom. The summed E-state index contributed by atoms with van der Waals surface area (Å²) in [5.41, 5.74) is 1.52. The van der Waals surface area contributed by atoms with E-state index in [1.54, 1.807) is 0 Å². The zero-order chi connectivity index (χ0) is 20.2. The lowest BCUT2D eigenvalue weighted by molar-refractivity contribution is -0.149. The Morgan fingerprint density at radius 3 is 1.57 bits per heavy atom. The Bertz CT molecular complexity index is 627. The van der Waals surface area contributed by atoms with Crippen LogP contribution in [0.25, 0.3) is 6.08 Å². The Hall–Kier alpha value is -2.42. The molecule has 0 aromatic heterocycles. The van der Waals surface area contributed by atoms with Crippen LogP contribution in [-0.2, 0) is 33.3 Å². The number of hydrogen-bond acceptors (Lipinski definition) is 8. The summed E-state index contributed by atoms with van der Waals surface area (Å²) >= 11 is 0. The van der Waals surface area contributed by atoms with Crippen LogP contribution in [0.4, 0.5) is 5.69 Å². The van der Waals surface area contributed by atoms with Gasteiger partial charge in [-0.25, -0.2) is 9.59 Å². The summed E-state index contributed by atoms with van der Waals surface area (Å²) in [6, 6.07) is 7.41. The molecule has 0 atom stereocenters. The standard InChI is InChI=1S/C20H27NO7/c1-21(2)17-5-3-16(4-6-17)15-18-19(22)27-13-11-25-9-7-24-8-10-26-12-14-28-20(18)23/h3-6,15H,7-14H2,1-2H3. The molecule has 0 spiro atoms. The first-order chi connectivity index (χ1) is 13.6. The van der Waals surface area contributed by atoms with Gasteiger partial charge in [0.05, 0.1) is 39.6 Å². The van der Waals surface area contributed by atoms with Gasteiger partial charge in [0.2, 0.25) is 0 Å². The summed E-state index contributed by atoms with van der Waals surface area (Å²) in [5, 5.41) is 0. The minimum atomic E-state index is -0.755. The monoisotopic (exact) mass is 393 g/mol. The van der Waals surface area contributed by atoms with Gasteiger partial charge in [-0.05, 0) is 23.8 Å². The second kappa shape index (κ2) is 12.1. The molecule has 0 N–H and O–H groups in total. The van der Waals surface area contributed by atoms with Crippen LogP contribution in [0.1, 0.15) is 5.56 Å². The van der Waals surface area contributed by atoms with E-state index in [1.165, 1.54) is 6.08 Å². The van der Waals surface area contributed by atoms with Gasteiger partial charge in [0.25, 0.3) is 0 Å². The highest BCUT2D eigenvalue weighted by atomic mass is 16.6. The number of rotatable bonds is 2. The third-order valence-corrected chi connectivity index (χ3v) is 3.83. The number of carbonyl (C=O) groups excluding carboxylic acids is 2. The van der Waals surface area contributed by atoms with Crippen LogP contribution in [0.5, 0.6) is 0 Å². The molecule has 154 valence electrons. The van der Waals surface area contributed by atoms with Crippen molar-refractivity contribution in [2.24, 2.45) is 0 Å². The molecule has 0 radical (unpaired) electrons. The molecule has 0 bridgehead atoms. The van der Waals surface area contributed by atoms with Crippen molar-refractivity contribution in [1.29, 1.82) is 0 Å². The fourth-order valence-corrected chi connectivity index (χ4v) is 2.32. The molecule has 28 heavy (non-hydrogen) atoms. The molecule has 1 fully saturated rings. The highest BCUT2D eigenvalue weighted by Crippen LogP contribution is 2.16. The van der Waals surface area contributed by atoms with Gasteiger partial charge in [0.15, 0.2) is 0 Å². The number of esters is 2. The maximum absolute atomic E-state index is 12.4. The number of ether oxygens (including phenoxy) is 5. The number of nitrogens with zero attached hydrogens (tertiary/aromatic N) is 1. The molecule has 1 heterocycles. The van der Waals surface area contributed by atoms with Gasteiger partial charge in [0.1, 0.15) is 18.8 Å². The van der Waals surface area contributed by atoms with Gasteiger partial charge < -0.3 is 28.6 Å². The van der Waals surface area contributed by atoms with Crippen LogP contribution >= 0.6 is 0 Å². The van der Waals surface area contributed by atoms with Gasteiger partial charge in [-0.3, -0.25) is 0 Å². The topological polar surface area (TPSA) is 83.5 Å². The van der Waals surface area contributed by atoms with Crippen molar-refractivity contribution in [3.8, 4) is 0 Å². The minimum Gasteiger partial charge on any atom is -0.459 e. The van der Waals surface area contributed by atoms with Gasteiger partial charge in [0, 0.05) is 19.8 Å². The SMILES string of the molecule is CN(C)c1ccc(C=C2C(=O)OCCOCCOCCOCCOC2=O)cc1. The van der Waals surface area contributed by atoms with Gasteiger partial charge in [-0.1, -0.05) is 12.1 Å². The van der Waals surface area contributed by atoms with Gasteiger partial charge in [-0.15, -0.1) is 0 Å². The van der Waals surface area contributed by atoms with E-state index in [9.17, 15) is 9.59 Å². The minimum absolute atomic E-state index is 0.0339. The number of benzene rings is 1. The highest BCUT2D eigenvalue weighted by molar-refractivity contribution is 6.17. The summed E-state index contributed by atoms with van der Waals surface area (Å²) in [4.78, 5) is 26.7. The molecule has 1 saturated heterocycles. The van der Waals surface area contributed by atoms with Crippen LogP contribution in [0, 0.1) is 0 Å². The third kappa shape index (κ3) is 7.67. The Balaban J connectivity index is 2.10. The molecule has 2 rings (SSSR count). The summed E-state index contributed by atoms with van der Waals surface area (Å²) in [6.07, 6.45) is 1.46. The molecule has 8 heteroatoms. The molecule has 1 aliphatic heterocycles. The predicted octanol–water partition coefficient (Wildman–Crippen LogP) is 1.29. The van der Waals surface area contributed by atoms with Crippen molar-refractivity contribution in [1.82, 2.24) is 0 Å². The molecular weight excluding hydrogens is 366 g/mol. The van der Waals surface area contributed by atoms with Crippen LogP contribution in [0.15, 0.2) is 29.8 Å². The Kier molecular flexibility index (Phi) is 9.47. The number of carbonyl (C=O) groups is 2. The largest absolute Gasteiger partial charge is 0.459 e. The highest BCUT2D eigenvalue weighted by Gasteiger charge is 2.22. The fraction of sp³-hybridized carbons (Fsp3) is 0.500. The molecule has 0 amide bonds. The average Bonchev–Trinajstić information content (AvgIpc) is 2.68. The molecule has 8 nitrogen and oxygen atoms in total. The second-order valence-electron chi connectivity index (χ2n) is 6.15. The zero-order valence-electron chi connectivity index (χ0n) is 16.3. The normalized spacial score (nSPS) is 18.1. The first kappa shape index (κ1) is 21.9. The number of hydrogen-bond donors (Lipinski definition) is 0. The molecular formula is C20H27NO7. The zero-order valence-corrected chi connectivity index (χ0v) is 16.3. The molecule has 1 aliphatic rings. The summed E-state index contributed by atoms with van der Waals surface area (Å²) in [5.74, 6) is -1.51. The predicted molar refractivity (Wildman–Crippen MR) is 103 cm³/mol. The van der Waals surface area contributed by atoms with E-state index in [1.807, 2.05) is 43.3 Å².